The molecule has 0 amide bonds. The predicted molar refractivity (Wildman–Crippen MR) is 89.9 cm³/mol. The van der Waals surface area contributed by atoms with E-state index in [1.165, 1.54) is 22.3 Å². The summed E-state index contributed by atoms with van der Waals surface area (Å²) in [4.78, 5) is 0. The highest BCUT2D eigenvalue weighted by atomic mass is 32.2. The maximum Gasteiger partial charge on any atom is 0.0442 e. The molecule has 0 spiro atoms. The molecule has 0 aliphatic heterocycles. The van der Waals surface area contributed by atoms with Crippen molar-refractivity contribution < 1.29 is 4.21 Å². The van der Waals surface area contributed by atoms with Gasteiger partial charge in [-0.05, 0) is 50.4 Å². The first-order chi connectivity index (χ1) is 9.49. The van der Waals surface area contributed by atoms with Crippen LogP contribution in [0.5, 0.6) is 0 Å². The summed E-state index contributed by atoms with van der Waals surface area (Å²) in [5, 5.41) is 3.51. The molecule has 1 rings (SSSR count). The van der Waals surface area contributed by atoms with Crippen LogP contribution in [0, 0.1) is 20.8 Å². The van der Waals surface area contributed by atoms with E-state index in [0.29, 0.717) is 0 Å². The van der Waals surface area contributed by atoms with E-state index in [0.717, 1.165) is 30.9 Å². The smallest absolute Gasteiger partial charge is 0.0442 e. The van der Waals surface area contributed by atoms with Gasteiger partial charge in [-0.25, -0.2) is 0 Å². The van der Waals surface area contributed by atoms with Crippen LogP contribution in [0.3, 0.4) is 0 Å². The van der Waals surface area contributed by atoms with Gasteiger partial charge in [-0.1, -0.05) is 38.0 Å². The zero-order chi connectivity index (χ0) is 15.1. The van der Waals surface area contributed by atoms with Crippen LogP contribution in [-0.2, 0) is 10.8 Å². The maximum atomic E-state index is 12.2. The highest BCUT2D eigenvalue weighted by Gasteiger charge is 2.18. The second kappa shape index (κ2) is 8.58. The number of unbranched alkanes of at least 4 members (excludes halogenated alkanes) is 1. The fourth-order valence-corrected chi connectivity index (χ4v) is 4.24. The second-order valence-electron chi connectivity index (χ2n) is 5.59. The Kier molecular flexibility index (Phi) is 7.46. The van der Waals surface area contributed by atoms with Gasteiger partial charge in [0.25, 0.3) is 0 Å². The van der Waals surface area contributed by atoms with Crippen LogP contribution >= 0.6 is 0 Å². The average molecular weight is 295 g/mol. The summed E-state index contributed by atoms with van der Waals surface area (Å²) < 4.78 is 12.2. The standard InChI is InChI=1S/C17H29NOS/c1-6-8-9-20(19)12-16(18-7-2)17-14(4)10-13(3)11-15(17)5/h10-11,16,18H,6-9,12H2,1-5H3. The SMILES string of the molecule is CCCCS(=O)CC(NCC)c1c(C)cc(C)cc1C. The summed E-state index contributed by atoms with van der Waals surface area (Å²) in [7, 11) is -0.736. The Labute approximate surface area is 126 Å². The predicted octanol–water partition coefficient (Wildman–Crippen LogP) is 3.81. The highest BCUT2D eigenvalue weighted by Crippen LogP contribution is 2.24. The van der Waals surface area contributed by atoms with E-state index in [2.05, 4.69) is 52.1 Å². The zero-order valence-electron chi connectivity index (χ0n) is 13.6. The minimum Gasteiger partial charge on any atom is -0.309 e. The minimum absolute atomic E-state index is 0.207. The number of rotatable bonds is 8. The molecule has 0 aromatic heterocycles. The highest BCUT2D eigenvalue weighted by molar-refractivity contribution is 7.85. The molecule has 0 radical (unpaired) electrons. The normalized spacial score (nSPS) is 14.2. The van der Waals surface area contributed by atoms with Crippen molar-refractivity contribution in [3.63, 3.8) is 0 Å². The van der Waals surface area contributed by atoms with Gasteiger partial charge in [-0.15, -0.1) is 0 Å². The summed E-state index contributed by atoms with van der Waals surface area (Å²) in [6, 6.07) is 4.65. The third-order valence-corrected chi connectivity index (χ3v) is 5.06. The molecule has 3 heteroatoms. The molecular formula is C17H29NOS. The third kappa shape index (κ3) is 5.02. The number of nitrogens with one attached hydrogen (secondary N) is 1. The molecule has 1 aromatic rings. The van der Waals surface area contributed by atoms with Crippen LogP contribution in [0.2, 0.25) is 0 Å². The van der Waals surface area contributed by atoms with Gasteiger partial charge in [0.15, 0.2) is 0 Å². The minimum atomic E-state index is -0.736. The molecule has 114 valence electrons. The lowest BCUT2D eigenvalue weighted by atomic mass is 9.95. The lowest BCUT2D eigenvalue weighted by Gasteiger charge is -2.23. The summed E-state index contributed by atoms with van der Waals surface area (Å²) in [6.45, 7) is 11.6. The molecule has 0 aliphatic rings. The Balaban J connectivity index is 2.93. The van der Waals surface area contributed by atoms with Crippen LogP contribution in [0.1, 0.15) is 55.0 Å². The van der Waals surface area contributed by atoms with Crippen molar-refractivity contribution in [1.82, 2.24) is 5.32 Å². The van der Waals surface area contributed by atoms with E-state index in [1.807, 2.05) is 0 Å². The summed E-state index contributed by atoms with van der Waals surface area (Å²) in [6.07, 6.45) is 2.16. The average Bonchev–Trinajstić information content (AvgIpc) is 2.35. The largest absolute Gasteiger partial charge is 0.309 e. The first-order valence-electron chi connectivity index (χ1n) is 7.65. The van der Waals surface area contributed by atoms with Crippen molar-refractivity contribution in [2.24, 2.45) is 0 Å². The van der Waals surface area contributed by atoms with E-state index in [9.17, 15) is 4.21 Å². The first kappa shape index (κ1) is 17.4. The number of aryl methyl sites for hydroxylation is 3. The molecule has 0 saturated carbocycles. The van der Waals surface area contributed by atoms with Gasteiger partial charge in [0.2, 0.25) is 0 Å². The van der Waals surface area contributed by atoms with E-state index in [1.54, 1.807) is 0 Å². The molecule has 0 fully saturated rings. The Hall–Kier alpha value is -0.670. The lowest BCUT2D eigenvalue weighted by molar-refractivity contribution is 0.588. The van der Waals surface area contributed by atoms with Gasteiger partial charge in [0, 0.05) is 28.3 Å². The molecule has 1 N–H and O–H groups in total. The summed E-state index contributed by atoms with van der Waals surface area (Å²) in [5.41, 5.74) is 5.25. The second-order valence-corrected chi connectivity index (χ2v) is 7.21. The number of benzene rings is 1. The molecule has 2 unspecified atom stereocenters. The fourth-order valence-electron chi connectivity index (χ4n) is 2.81. The molecule has 0 saturated heterocycles. The lowest BCUT2D eigenvalue weighted by Crippen LogP contribution is -2.28. The molecule has 0 heterocycles. The van der Waals surface area contributed by atoms with Crippen LogP contribution in [0.4, 0.5) is 0 Å². The quantitative estimate of drug-likeness (QED) is 0.790. The van der Waals surface area contributed by atoms with Gasteiger partial charge in [0.05, 0.1) is 0 Å². The van der Waals surface area contributed by atoms with Crippen LogP contribution in [0.25, 0.3) is 0 Å². The number of hydrogen-bond acceptors (Lipinski definition) is 2. The van der Waals surface area contributed by atoms with Gasteiger partial charge >= 0.3 is 0 Å². The summed E-state index contributed by atoms with van der Waals surface area (Å²) >= 11 is 0. The molecular weight excluding hydrogens is 266 g/mol. The van der Waals surface area contributed by atoms with E-state index >= 15 is 0 Å². The Morgan fingerprint density at radius 1 is 1.15 bits per heavy atom. The molecule has 2 atom stereocenters. The Morgan fingerprint density at radius 2 is 1.75 bits per heavy atom. The third-order valence-electron chi connectivity index (χ3n) is 3.62. The monoisotopic (exact) mass is 295 g/mol. The van der Waals surface area contributed by atoms with Crippen LogP contribution in [-0.4, -0.2) is 22.3 Å². The molecule has 2 nitrogen and oxygen atoms in total. The fraction of sp³-hybridized carbons (Fsp3) is 0.647. The van der Waals surface area contributed by atoms with Crippen LogP contribution < -0.4 is 5.32 Å². The zero-order valence-corrected chi connectivity index (χ0v) is 14.4. The van der Waals surface area contributed by atoms with Crippen molar-refractivity contribution in [2.75, 3.05) is 18.1 Å². The van der Waals surface area contributed by atoms with Gasteiger partial charge in [-0.2, -0.15) is 0 Å². The molecule has 1 aromatic carbocycles. The van der Waals surface area contributed by atoms with E-state index < -0.39 is 10.8 Å². The topological polar surface area (TPSA) is 29.1 Å². The molecule has 20 heavy (non-hydrogen) atoms. The maximum absolute atomic E-state index is 12.2. The first-order valence-corrected chi connectivity index (χ1v) is 9.14. The van der Waals surface area contributed by atoms with Crippen molar-refractivity contribution in [1.29, 1.82) is 0 Å². The van der Waals surface area contributed by atoms with Crippen molar-refractivity contribution in [2.45, 2.75) is 53.5 Å². The van der Waals surface area contributed by atoms with E-state index in [4.69, 9.17) is 0 Å². The van der Waals surface area contributed by atoms with Crippen LogP contribution in [0.15, 0.2) is 12.1 Å². The Bertz CT molecular complexity index is 433. The van der Waals surface area contributed by atoms with Crippen molar-refractivity contribution in [3.8, 4) is 0 Å². The van der Waals surface area contributed by atoms with Gasteiger partial charge in [0.1, 0.15) is 0 Å². The van der Waals surface area contributed by atoms with Gasteiger partial charge < -0.3 is 5.32 Å². The number of hydrogen-bond donors (Lipinski definition) is 1. The van der Waals surface area contributed by atoms with E-state index in [-0.39, 0.29) is 6.04 Å². The van der Waals surface area contributed by atoms with Crippen molar-refractivity contribution >= 4 is 10.8 Å². The Morgan fingerprint density at radius 3 is 2.25 bits per heavy atom. The molecule has 0 aliphatic carbocycles. The van der Waals surface area contributed by atoms with Crippen molar-refractivity contribution in [3.05, 3.63) is 34.4 Å². The molecule has 0 bridgehead atoms. The summed E-state index contributed by atoms with van der Waals surface area (Å²) in [5.74, 6) is 1.54. The van der Waals surface area contributed by atoms with Gasteiger partial charge in [-0.3, -0.25) is 4.21 Å².